The molecule has 0 bridgehead atoms. The van der Waals surface area contributed by atoms with Crippen molar-refractivity contribution in [2.75, 3.05) is 5.32 Å². The number of nitrogens with one attached hydrogen (secondary N) is 1. The molecule has 1 unspecified atom stereocenters. The molecule has 7 nitrogen and oxygen atoms in total. The molecule has 3 aromatic carbocycles. The quantitative estimate of drug-likeness (QED) is 0.179. The molecule has 0 aromatic heterocycles. The minimum atomic E-state index is -0.893. The number of phenols is 1. The van der Waals surface area contributed by atoms with E-state index < -0.39 is 16.9 Å². The van der Waals surface area contributed by atoms with E-state index in [0.717, 1.165) is 10.8 Å². The van der Waals surface area contributed by atoms with Gasteiger partial charge in [0, 0.05) is 16.3 Å². The fraction of sp³-hybridized carbons (Fsp3) is 0.174. The number of thioether (sulfide) groups is 1. The summed E-state index contributed by atoms with van der Waals surface area (Å²) >= 11 is 12.7. The van der Waals surface area contributed by atoms with Crippen LogP contribution in [0.5, 0.6) is 5.75 Å². The zero-order valence-corrected chi connectivity index (χ0v) is 20.2. The Balaban J connectivity index is 1.63. The highest BCUT2D eigenvalue weighted by Crippen LogP contribution is 2.43. The first-order chi connectivity index (χ1) is 15.7. The Labute approximate surface area is 205 Å². The molecule has 2 amide bonds. The summed E-state index contributed by atoms with van der Waals surface area (Å²) in [6.07, 6.45) is 0.597. The van der Waals surface area contributed by atoms with Crippen LogP contribution in [0.1, 0.15) is 19.4 Å². The summed E-state index contributed by atoms with van der Waals surface area (Å²) in [6.45, 7) is 3.72. The molecule has 1 atom stereocenters. The number of carbonyl (C=O) groups is 1. The van der Waals surface area contributed by atoms with Crippen LogP contribution in [0, 0.1) is 0 Å². The fourth-order valence-corrected chi connectivity index (χ4v) is 5.50. The van der Waals surface area contributed by atoms with Gasteiger partial charge in [0.2, 0.25) is 0 Å². The van der Waals surface area contributed by atoms with Gasteiger partial charge < -0.3 is 10.4 Å². The van der Waals surface area contributed by atoms with Crippen molar-refractivity contribution < 1.29 is 15.1 Å². The first-order valence-electron chi connectivity index (χ1n) is 9.99. The number of aromatic hydroxyl groups is 1. The van der Waals surface area contributed by atoms with Gasteiger partial charge in [-0.15, -0.1) is 0 Å². The van der Waals surface area contributed by atoms with Gasteiger partial charge in [-0.2, -0.15) is 10.2 Å². The molecular weight excluding hydrogens is 480 g/mol. The van der Waals surface area contributed by atoms with Crippen molar-refractivity contribution in [1.29, 1.82) is 0 Å². The maximum absolute atomic E-state index is 12.8. The van der Waals surface area contributed by atoms with E-state index in [4.69, 9.17) is 23.8 Å². The number of hydroxylamine groups is 2. The number of urea groups is 1. The SMILES string of the molecule is CC1(C)SC(=S)N(/N=C/c2c(O)ccc3ccccc23)C1N(O)C(=O)Nc1ccc(Cl)cc1. The molecule has 4 rings (SSSR count). The van der Waals surface area contributed by atoms with E-state index in [-0.39, 0.29) is 5.75 Å². The van der Waals surface area contributed by atoms with E-state index in [9.17, 15) is 15.1 Å². The molecule has 1 saturated heterocycles. The van der Waals surface area contributed by atoms with Crippen LogP contribution < -0.4 is 5.32 Å². The topological polar surface area (TPSA) is 88.4 Å². The Morgan fingerprint density at radius 2 is 1.91 bits per heavy atom. The second kappa shape index (κ2) is 9.18. The van der Waals surface area contributed by atoms with Crippen LogP contribution in [-0.2, 0) is 0 Å². The van der Waals surface area contributed by atoms with Crippen LogP contribution in [-0.4, -0.2) is 47.9 Å². The highest BCUT2D eigenvalue weighted by molar-refractivity contribution is 8.24. The summed E-state index contributed by atoms with van der Waals surface area (Å²) in [5, 5.41) is 32.6. The van der Waals surface area contributed by atoms with Crippen LogP contribution in [0.25, 0.3) is 10.8 Å². The molecule has 170 valence electrons. The average molecular weight is 501 g/mol. The lowest BCUT2D eigenvalue weighted by atomic mass is 10.0. The van der Waals surface area contributed by atoms with E-state index in [1.165, 1.54) is 23.0 Å². The summed E-state index contributed by atoms with van der Waals surface area (Å²) in [5.74, 6) is 0.0624. The second-order valence-electron chi connectivity index (χ2n) is 7.94. The van der Waals surface area contributed by atoms with Gasteiger partial charge in [-0.3, -0.25) is 5.21 Å². The number of hydrogen-bond acceptors (Lipinski definition) is 6. The molecule has 3 aromatic rings. The molecule has 1 aliphatic rings. The number of nitrogens with zero attached hydrogens (tertiary/aromatic N) is 3. The normalized spacial score (nSPS) is 17.6. The van der Waals surface area contributed by atoms with E-state index >= 15 is 0 Å². The molecule has 0 saturated carbocycles. The molecular formula is C23H21ClN4O3S2. The zero-order valence-electron chi connectivity index (χ0n) is 17.8. The van der Waals surface area contributed by atoms with Crippen LogP contribution >= 0.6 is 35.6 Å². The number of fused-ring (bicyclic) bond motifs is 1. The summed E-state index contributed by atoms with van der Waals surface area (Å²) in [4.78, 5) is 12.8. The number of hydrogen-bond donors (Lipinski definition) is 3. The second-order valence-corrected chi connectivity index (χ2v) is 10.7. The fourth-order valence-electron chi connectivity index (χ4n) is 3.59. The maximum atomic E-state index is 12.8. The van der Waals surface area contributed by atoms with Gasteiger partial charge in [0.05, 0.1) is 11.0 Å². The minimum absolute atomic E-state index is 0.0624. The molecule has 0 radical (unpaired) electrons. The highest BCUT2D eigenvalue weighted by atomic mass is 35.5. The van der Waals surface area contributed by atoms with Gasteiger partial charge in [-0.1, -0.05) is 65.9 Å². The predicted octanol–water partition coefficient (Wildman–Crippen LogP) is 5.89. The Morgan fingerprint density at radius 1 is 1.21 bits per heavy atom. The standard InChI is InChI=1S/C23H21ClN4O3S2/c1-23(2)20(28(31)21(30)26-16-10-8-15(24)9-11-16)27(22(32)33-23)25-13-18-17-6-4-3-5-14(17)7-12-19(18)29/h3-13,20,29,31H,1-2H3,(H,26,30)/b25-13+. The number of rotatable bonds is 4. The number of phenolic OH excluding ortho intramolecular Hbond substituents is 1. The Kier molecular flexibility index (Phi) is 6.49. The van der Waals surface area contributed by atoms with Crippen LogP contribution in [0.2, 0.25) is 5.02 Å². The van der Waals surface area contributed by atoms with Gasteiger partial charge in [-0.25, -0.2) is 9.80 Å². The monoisotopic (exact) mass is 500 g/mol. The highest BCUT2D eigenvalue weighted by Gasteiger charge is 2.50. The predicted molar refractivity (Wildman–Crippen MR) is 137 cm³/mol. The van der Waals surface area contributed by atoms with Crippen molar-refractivity contribution in [3.05, 3.63) is 71.2 Å². The smallest absolute Gasteiger partial charge is 0.347 e. The summed E-state index contributed by atoms with van der Waals surface area (Å²) in [5.41, 5.74) is 0.990. The van der Waals surface area contributed by atoms with Crippen molar-refractivity contribution in [2.24, 2.45) is 5.10 Å². The molecule has 0 spiro atoms. The number of hydrazone groups is 1. The lowest BCUT2D eigenvalue weighted by molar-refractivity contribution is -0.114. The zero-order chi connectivity index (χ0) is 23.8. The average Bonchev–Trinajstić information content (AvgIpc) is 3.01. The number of carbonyl (C=O) groups excluding carboxylic acids is 1. The Hall–Kier alpha value is -2.85. The van der Waals surface area contributed by atoms with Crippen molar-refractivity contribution in [3.8, 4) is 5.75 Å². The lowest BCUT2D eigenvalue weighted by Gasteiger charge is -2.34. The third kappa shape index (κ3) is 4.77. The summed E-state index contributed by atoms with van der Waals surface area (Å²) < 4.78 is -0.277. The third-order valence-electron chi connectivity index (χ3n) is 5.19. The number of anilines is 1. The van der Waals surface area contributed by atoms with Crippen molar-refractivity contribution in [3.63, 3.8) is 0 Å². The van der Waals surface area contributed by atoms with E-state index in [0.29, 0.717) is 25.7 Å². The maximum Gasteiger partial charge on any atom is 0.347 e. The van der Waals surface area contributed by atoms with E-state index in [1.54, 1.807) is 30.3 Å². The van der Waals surface area contributed by atoms with Crippen LogP contribution in [0.4, 0.5) is 10.5 Å². The van der Waals surface area contributed by atoms with E-state index in [1.807, 2.05) is 44.2 Å². The van der Waals surface area contributed by atoms with Crippen LogP contribution in [0.15, 0.2) is 65.8 Å². The van der Waals surface area contributed by atoms with Crippen molar-refractivity contribution in [1.82, 2.24) is 10.1 Å². The Bertz CT molecular complexity index is 1250. The van der Waals surface area contributed by atoms with Crippen LogP contribution in [0.3, 0.4) is 0 Å². The summed E-state index contributed by atoms with van der Waals surface area (Å²) in [6, 6.07) is 16.8. The minimum Gasteiger partial charge on any atom is -0.507 e. The molecule has 1 heterocycles. The third-order valence-corrected chi connectivity index (χ3v) is 6.97. The number of thiocarbonyl (C=S) groups is 1. The van der Waals surface area contributed by atoms with Gasteiger partial charge in [0.25, 0.3) is 0 Å². The largest absolute Gasteiger partial charge is 0.507 e. The molecule has 1 aliphatic heterocycles. The summed E-state index contributed by atoms with van der Waals surface area (Å²) in [7, 11) is 0. The lowest BCUT2D eigenvalue weighted by Crippen LogP contribution is -2.54. The van der Waals surface area contributed by atoms with Gasteiger partial charge in [-0.05, 0) is 55.0 Å². The first-order valence-corrected chi connectivity index (χ1v) is 11.6. The molecule has 0 aliphatic carbocycles. The molecule has 10 heteroatoms. The molecule has 1 fully saturated rings. The molecule has 33 heavy (non-hydrogen) atoms. The number of halogens is 1. The van der Waals surface area contributed by atoms with Crippen molar-refractivity contribution in [2.45, 2.75) is 24.8 Å². The Morgan fingerprint density at radius 3 is 2.64 bits per heavy atom. The first kappa shape index (κ1) is 23.3. The van der Waals surface area contributed by atoms with Gasteiger partial charge in [0.15, 0.2) is 10.5 Å². The van der Waals surface area contributed by atoms with Gasteiger partial charge in [0.1, 0.15) is 5.75 Å². The number of amides is 2. The van der Waals surface area contributed by atoms with Gasteiger partial charge >= 0.3 is 6.03 Å². The number of benzene rings is 3. The van der Waals surface area contributed by atoms with Crippen molar-refractivity contribution >= 4 is 68.6 Å². The van der Waals surface area contributed by atoms with E-state index in [2.05, 4.69) is 10.4 Å². The molecule has 3 N–H and O–H groups in total.